The monoisotopic (exact) mass is 298 g/mol. The van der Waals surface area contributed by atoms with Crippen LogP contribution in [0.25, 0.3) is 0 Å². The van der Waals surface area contributed by atoms with Gasteiger partial charge in [0.2, 0.25) is 0 Å². The standard InChI is InChI=1S/C17H18N2O3/c1-12-10-13(17(20)21)4-6-15(12)18-11-14-5-7-16(22-14)19-8-2-3-9-19/h4-7,10-11H,2-3,8-9H2,1H3,(H,20,21). The van der Waals surface area contributed by atoms with Crippen molar-refractivity contribution in [2.75, 3.05) is 18.0 Å². The number of aromatic carboxylic acids is 1. The highest BCUT2D eigenvalue weighted by Gasteiger charge is 2.15. The van der Waals surface area contributed by atoms with Gasteiger partial charge in [-0.2, -0.15) is 0 Å². The lowest BCUT2D eigenvalue weighted by Gasteiger charge is -2.12. The molecule has 1 N–H and O–H groups in total. The van der Waals surface area contributed by atoms with E-state index in [1.54, 1.807) is 24.4 Å². The van der Waals surface area contributed by atoms with Crippen molar-refractivity contribution in [3.8, 4) is 0 Å². The summed E-state index contributed by atoms with van der Waals surface area (Å²) in [6.45, 7) is 3.93. The number of carboxylic acid groups (broad SMARTS) is 1. The Kier molecular flexibility index (Phi) is 3.96. The van der Waals surface area contributed by atoms with E-state index in [2.05, 4.69) is 9.89 Å². The first-order valence-electron chi connectivity index (χ1n) is 7.36. The normalized spacial score (nSPS) is 14.9. The predicted octanol–water partition coefficient (Wildman–Crippen LogP) is 3.64. The highest BCUT2D eigenvalue weighted by molar-refractivity contribution is 5.88. The second kappa shape index (κ2) is 6.05. The van der Waals surface area contributed by atoms with Crippen molar-refractivity contribution in [2.24, 2.45) is 4.99 Å². The average Bonchev–Trinajstić information content (AvgIpc) is 3.16. The van der Waals surface area contributed by atoms with Crippen molar-refractivity contribution in [3.05, 3.63) is 47.2 Å². The molecule has 0 amide bonds. The molecule has 5 nitrogen and oxygen atoms in total. The van der Waals surface area contributed by atoms with E-state index in [-0.39, 0.29) is 5.56 Å². The van der Waals surface area contributed by atoms with Gasteiger partial charge in [-0.1, -0.05) is 0 Å². The van der Waals surface area contributed by atoms with E-state index in [4.69, 9.17) is 9.52 Å². The van der Waals surface area contributed by atoms with Crippen LogP contribution in [0.15, 0.2) is 39.7 Å². The summed E-state index contributed by atoms with van der Waals surface area (Å²) in [4.78, 5) is 17.5. The summed E-state index contributed by atoms with van der Waals surface area (Å²) in [5, 5.41) is 8.96. The maximum absolute atomic E-state index is 10.9. The summed E-state index contributed by atoms with van der Waals surface area (Å²) >= 11 is 0. The zero-order valence-corrected chi connectivity index (χ0v) is 12.5. The number of nitrogens with zero attached hydrogens (tertiary/aromatic N) is 2. The van der Waals surface area contributed by atoms with Crippen molar-refractivity contribution in [3.63, 3.8) is 0 Å². The van der Waals surface area contributed by atoms with Gasteiger partial charge in [0.15, 0.2) is 5.88 Å². The Morgan fingerprint density at radius 1 is 1.27 bits per heavy atom. The summed E-state index contributed by atoms with van der Waals surface area (Å²) in [5.74, 6) is 0.653. The van der Waals surface area contributed by atoms with E-state index in [0.717, 1.165) is 30.2 Å². The second-order valence-electron chi connectivity index (χ2n) is 5.43. The van der Waals surface area contributed by atoms with Gasteiger partial charge in [-0.15, -0.1) is 0 Å². The molecule has 0 atom stereocenters. The second-order valence-corrected chi connectivity index (χ2v) is 5.43. The SMILES string of the molecule is Cc1cc(C(=O)O)ccc1N=Cc1ccc(N2CCCC2)o1. The highest BCUT2D eigenvalue weighted by atomic mass is 16.4. The summed E-state index contributed by atoms with van der Waals surface area (Å²) in [6.07, 6.45) is 4.08. The number of carboxylic acids is 1. The first-order valence-corrected chi connectivity index (χ1v) is 7.36. The van der Waals surface area contributed by atoms with Crippen LogP contribution in [-0.4, -0.2) is 30.4 Å². The lowest BCUT2D eigenvalue weighted by molar-refractivity contribution is 0.0697. The van der Waals surface area contributed by atoms with Crippen LogP contribution in [0, 0.1) is 6.92 Å². The molecule has 0 aliphatic carbocycles. The van der Waals surface area contributed by atoms with Crippen molar-refractivity contribution < 1.29 is 14.3 Å². The number of aliphatic imine (C=N–C) groups is 1. The van der Waals surface area contributed by atoms with E-state index in [9.17, 15) is 4.79 Å². The van der Waals surface area contributed by atoms with Crippen LogP contribution in [0.2, 0.25) is 0 Å². The Balaban J connectivity index is 1.75. The van der Waals surface area contributed by atoms with Gasteiger partial charge in [-0.05, 0) is 49.6 Å². The number of aryl methyl sites for hydroxylation is 1. The molecule has 0 bridgehead atoms. The molecule has 0 saturated carbocycles. The van der Waals surface area contributed by atoms with Crippen LogP contribution >= 0.6 is 0 Å². The van der Waals surface area contributed by atoms with Crippen LogP contribution in [0.1, 0.15) is 34.5 Å². The molecule has 0 radical (unpaired) electrons. The molecule has 1 saturated heterocycles. The van der Waals surface area contributed by atoms with Gasteiger partial charge in [0, 0.05) is 19.2 Å². The fourth-order valence-corrected chi connectivity index (χ4v) is 2.59. The minimum Gasteiger partial charge on any atom is -0.478 e. The van der Waals surface area contributed by atoms with Gasteiger partial charge >= 0.3 is 5.97 Å². The molecule has 2 heterocycles. The number of hydrogen-bond donors (Lipinski definition) is 1. The van der Waals surface area contributed by atoms with Crippen molar-refractivity contribution in [2.45, 2.75) is 19.8 Å². The maximum Gasteiger partial charge on any atom is 0.335 e. The molecule has 1 aliphatic rings. The lowest BCUT2D eigenvalue weighted by Crippen LogP contribution is -2.16. The van der Waals surface area contributed by atoms with E-state index in [1.807, 2.05) is 19.1 Å². The first kappa shape index (κ1) is 14.4. The van der Waals surface area contributed by atoms with Gasteiger partial charge in [-0.25, -0.2) is 4.79 Å². The smallest absolute Gasteiger partial charge is 0.335 e. The Labute approximate surface area is 128 Å². The third kappa shape index (κ3) is 3.03. The molecule has 1 aliphatic heterocycles. The van der Waals surface area contributed by atoms with Gasteiger partial charge in [0.25, 0.3) is 0 Å². The molecule has 2 aromatic rings. The van der Waals surface area contributed by atoms with Gasteiger partial charge in [0.1, 0.15) is 5.76 Å². The number of carbonyl (C=O) groups is 1. The van der Waals surface area contributed by atoms with Crippen molar-refractivity contribution in [1.82, 2.24) is 0 Å². The van der Waals surface area contributed by atoms with Crippen LogP contribution in [0.3, 0.4) is 0 Å². The summed E-state index contributed by atoms with van der Waals surface area (Å²) in [6, 6.07) is 8.75. The van der Waals surface area contributed by atoms with Crippen LogP contribution in [0.5, 0.6) is 0 Å². The third-order valence-electron chi connectivity index (χ3n) is 3.80. The number of hydrogen-bond acceptors (Lipinski definition) is 4. The van der Waals surface area contributed by atoms with Gasteiger partial charge in [-0.3, -0.25) is 4.99 Å². The van der Waals surface area contributed by atoms with E-state index >= 15 is 0 Å². The number of benzene rings is 1. The Morgan fingerprint density at radius 3 is 2.73 bits per heavy atom. The Bertz CT molecular complexity index is 712. The molecule has 1 aromatic heterocycles. The van der Waals surface area contributed by atoms with Crippen LogP contribution < -0.4 is 4.90 Å². The first-order chi connectivity index (χ1) is 10.6. The fourth-order valence-electron chi connectivity index (χ4n) is 2.59. The lowest BCUT2D eigenvalue weighted by atomic mass is 10.1. The molecule has 1 aromatic carbocycles. The zero-order valence-electron chi connectivity index (χ0n) is 12.5. The van der Waals surface area contributed by atoms with Crippen LogP contribution in [0.4, 0.5) is 11.6 Å². The summed E-state index contributed by atoms with van der Waals surface area (Å²) < 4.78 is 5.77. The van der Waals surface area contributed by atoms with E-state index < -0.39 is 5.97 Å². The molecule has 0 spiro atoms. The summed E-state index contributed by atoms with van der Waals surface area (Å²) in [5.41, 5.74) is 1.83. The number of anilines is 1. The van der Waals surface area contributed by atoms with Gasteiger partial charge in [0.05, 0.1) is 17.5 Å². The maximum atomic E-state index is 10.9. The number of furan rings is 1. The molecule has 1 fully saturated rings. The van der Waals surface area contributed by atoms with E-state index in [1.165, 1.54) is 12.8 Å². The van der Waals surface area contributed by atoms with Crippen molar-refractivity contribution in [1.29, 1.82) is 0 Å². The third-order valence-corrected chi connectivity index (χ3v) is 3.80. The molecular weight excluding hydrogens is 280 g/mol. The predicted molar refractivity (Wildman–Crippen MR) is 85.5 cm³/mol. The molecule has 3 rings (SSSR count). The van der Waals surface area contributed by atoms with Crippen LogP contribution in [-0.2, 0) is 0 Å². The largest absolute Gasteiger partial charge is 0.478 e. The van der Waals surface area contributed by atoms with E-state index in [0.29, 0.717) is 5.76 Å². The Hall–Kier alpha value is -2.56. The molecule has 5 heteroatoms. The molecule has 0 unspecified atom stereocenters. The molecule has 22 heavy (non-hydrogen) atoms. The Morgan fingerprint density at radius 2 is 2.05 bits per heavy atom. The highest BCUT2D eigenvalue weighted by Crippen LogP contribution is 2.23. The minimum absolute atomic E-state index is 0.269. The fraction of sp³-hybridized carbons (Fsp3) is 0.294. The zero-order chi connectivity index (χ0) is 15.5. The van der Waals surface area contributed by atoms with Gasteiger partial charge < -0.3 is 14.4 Å². The topological polar surface area (TPSA) is 66.0 Å². The summed E-state index contributed by atoms with van der Waals surface area (Å²) in [7, 11) is 0. The number of rotatable bonds is 4. The molecular formula is C17H18N2O3. The average molecular weight is 298 g/mol. The molecule has 114 valence electrons. The quantitative estimate of drug-likeness (QED) is 0.875. The van der Waals surface area contributed by atoms with Crippen molar-refractivity contribution >= 4 is 23.8 Å². The minimum atomic E-state index is -0.931.